The fraction of sp³-hybridized carbons (Fsp3) is 0.231. The highest BCUT2D eigenvalue weighted by Gasteiger charge is 2.08. The molecule has 34 heavy (non-hydrogen) atoms. The summed E-state index contributed by atoms with van der Waals surface area (Å²) in [5.41, 5.74) is 6.90. The van der Waals surface area contributed by atoms with Crippen LogP contribution in [0.1, 0.15) is 35.5 Å². The second kappa shape index (κ2) is 12.6. The molecule has 3 aromatic carbocycles. The van der Waals surface area contributed by atoms with Crippen LogP contribution in [-0.2, 0) is 6.42 Å². The summed E-state index contributed by atoms with van der Waals surface area (Å²) in [5.74, 6) is 0.361. The molecule has 8 heteroatoms. The van der Waals surface area contributed by atoms with Crippen LogP contribution < -0.4 is 15.5 Å². The van der Waals surface area contributed by atoms with E-state index in [2.05, 4.69) is 56.0 Å². The molecule has 182 valence electrons. The molecule has 0 spiro atoms. The van der Waals surface area contributed by atoms with Crippen molar-refractivity contribution in [2.45, 2.75) is 20.3 Å². The van der Waals surface area contributed by atoms with Crippen LogP contribution in [0.5, 0.6) is 11.5 Å². The number of nitrogens with zero attached hydrogens (tertiary/aromatic N) is 1. The summed E-state index contributed by atoms with van der Waals surface area (Å²) in [4.78, 5) is 12.2. The van der Waals surface area contributed by atoms with E-state index < -0.39 is 5.91 Å². The topological polar surface area (TPSA) is 83.0 Å². The molecule has 0 saturated carbocycles. The number of hydrogen-bond acceptors (Lipinski definition) is 5. The summed E-state index contributed by atoms with van der Waals surface area (Å²) in [6.45, 7) is 6.18. The number of benzene rings is 3. The zero-order chi connectivity index (χ0) is 24.5. The molecule has 3 aromatic rings. The van der Waals surface area contributed by atoms with Gasteiger partial charge in [0.05, 0.1) is 11.2 Å². The summed E-state index contributed by atoms with van der Waals surface area (Å²) < 4.78 is 7.08. The van der Waals surface area contributed by atoms with Gasteiger partial charge < -0.3 is 15.2 Å². The highest BCUT2D eigenvalue weighted by atomic mass is 79.9. The van der Waals surface area contributed by atoms with Gasteiger partial charge in [-0.1, -0.05) is 39.7 Å². The molecule has 6 nitrogen and oxygen atoms in total. The van der Waals surface area contributed by atoms with Gasteiger partial charge in [-0.3, -0.25) is 4.79 Å². The first-order valence-corrected chi connectivity index (χ1v) is 12.0. The van der Waals surface area contributed by atoms with E-state index in [0.717, 1.165) is 46.4 Å². The number of aromatic hydroxyl groups is 1. The number of nitrogens with one attached hydrogen (secondary N) is 2. The number of halogens is 2. The smallest absolute Gasteiger partial charge is 0.271 e. The van der Waals surface area contributed by atoms with Gasteiger partial charge in [0.15, 0.2) is 0 Å². The first-order chi connectivity index (χ1) is 16.3. The number of carbonyl (C=O) groups excluding carboxylic acids is 1. The van der Waals surface area contributed by atoms with Crippen LogP contribution in [0.15, 0.2) is 64.2 Å². The Labute approximate surface area is 216 Å². The minimum atomic E-state index is -0.417. The lowest BCUT2D eigenvalue weighted by Gasteiger charge is -2.13. The van der Waals surface area contributed by atoms with E-state index in [0.29, 0.717) is 12.2 Å². The lowest BCUT2D eigenvalue weighted by molar-refractivity contribution is 0.0955. The van der Waals surface area contributed by atoms with Crippen LogP contribution in [-0.4, -0.2) is 36.9 Å². The molecule has 0 atom stereocenters. The van der Waals surface area contributed by atoms with E-state index in [-0.39, 0.29) is 13.6 Å². The van der Waals surface area contributed by atoms with E-state index in [9.17, 15) is 9.90 Å². The van der Waals surface area contributed by atoms with Crippen molar-refractivity contribution in [2.24, 2.45) is 5.10 Å². The number of phenolic OH excluding ortho intramolecular Hbond substituents is 1. The van der Waals surface area contributed by atoms with Gasteiger partial charge in [-0.05, 0) is 91.5 Å². The van der Waals surface area contributed by atoms with E-state index in [1.165, 1.54) is 23.8 Å². The SMILES string of the molecule is Cc1cc(/C=N/NC(=O)c2ccc(O)c(Cl)c2)cc(C)c1OCCNCCc1ccc(Br)cc1.[HH].[HH]. The average molecular weight is 549 g/mol. The van der Waals surface area contributed by atoms with Crippen molar-refractivity contribution in [3.05, 3.63) is 91.9 Å². The normalized spacial score (nSPS) is 11.1. The predicted molar refractivity (Wildman–Crippen MR) is 145 cm³/mol. The van der Waals surface area contributed by atoms with Crippen LogP contribution >= 0.6 is 27.5 Å². The van der Waals surface area contributed by atoms with Crippen molar-refractivity contribution in [1.82, 2.24) is 10.7 Å². The Hall–Kier alpha value is -2.87. The summed E-state index contributed by atoms with van der Waals surface area (Å²) in [7, 11) is 0. The highest BCUT2D eigenvalue weighted by Crippen LogP contribution is 2.25. The van der Waals surface area contributed by atoms with Crippen molar-refractivity contribution < 1.29 is 17.5 Å². The first kappa shape index (κ1) is 25.7. The summed E-state index contributed by atoms with van der Waals surface area (Å²) >= 11 is 9.29. The standard InChI is InChI=1S/C26H27BrClN3O3.2H2/c1-17-13-20(16-30-31-26(33)21-5-8-24(32)23(28)15-21)14-18(2)25(17)34-12-11-29-10-9-19-3-6-22(27)7-4-19;;/h3-8,13-16,29,32H,9-12H2,1-2H3,(H,31,33);2*1H/b30-16+;;. The molecular formula is C26H31BrClN3O3. The highest BCUT2D eigenvalue weighted by molar-refractivity contribution is 9.10. The Morgan fingerprint density at radius 1 is 1.12 bits per heavy atom. The zero-order valence-corrected chi connectivity index (χ0v) is 21.4. The van der Waals surface area contributed by atoms with E-state index in [1.54, 1.807) is 6.21 Å². The molecule has 0 aromatic heterocycles. The second-order valence-corrected chi connectivity index (χ2v) is 9.15. The maximum Gasteiger partial charge on any atom is 0.271 e. The molecule has 0 heterocycles. The first-order valence-electron chi connectivity index (χ1n) is 10.8. The van der Waals surface area contributed by atoms with Gasteiger partial charge in [-0.15, -0.1) is 0 Å². The number of amides is 1. The molecule has 0 aliphatic carbocycles. The van der Waals surface area contributed by atoms with Gasteiger partial charge in [-0.2, -0.15) is 5.10 Å². The van der Waals surface area contributed by atoms with E-state index in [4.69, 9.17) is 16.3 Å². The Kier molecular flexibility index (Phi) is 9.51. The van der Waals surface area contributed by atoms with Crippen LogP contribution in [0.25, 0.3) is 0 Å². The minimum Gasteiger partial charge on any atom is -0.506 e. The molecule has 0 radical (unpaired) electrons. The average Bonchev–Trinajstić information content (AvgIpc) is 2.80. The molecule has 0 saturated heterocycles. The maximum atomic E-state index is 12.2. The van der Waals surface area contributed by atoms with Crippen molar-refractivity contribution in [3.63, 3.8) is 0 Å². The summed E-state index contributed by atoms with van der Waals surface area (Å²) in [6, 6.07) is 16.5. The Morgan fingerprint density at radius 3 is 2.50 bits per heavy atom. The molecule has 0 fully saturated rings. The molecule has 1 amide bonds. The Balaban J connectivity index is 0.00000324. The molecule has 0 aliphatic rings. The fourth-order valence-corrected chi connectivity index (χ4v) is 3.84. The van der Waals surface area contributed by atoms with Gasteiger partial charge >= 0.3 is 0 Å². The molecule has 0 bridgehead atoms. The fourth-order valence-electron chi connectivity index (χ4n) is 3.40. The van der Waals surface area contributed by atoms with Gasteiger partial charge in [-0.25, -0.2) is 5.43 Å². The number of hydrogen-bond donors (Lipinski definition) is 3. The number of rotatable bonds is 10. The number of hydrazone groups is 1. The van der Waals surface area contributed by atoms with Crippen LogP contribution in [0, 0.1) is 13.8 Å². The van der Waals surface area contributed by atoms with E-state index in [1.807, 2.05) is 26.0 Å². The second-order valence-electron chi connectivity index (χ2n) is 7.82. The third-order valence-corrected chi connectivity index (χ3v) is 5.93. The number of ether oxygens (including phenoxy) is 1. The number of carbonyl (C=O) groups is 1. The number of phenols is 1. The van der Waals surface area contributed by atoms with Gasteiger partial charge in [0.1, 0.15) is 18.1 Å². The molecule has 0 aliphatic heterocycles. The molecule has 3 N–H and O–H groups in total. The van der Waals surface area contributed by atoms with Gasteiger partial charge in [0, 0.05) is 19.4 Å². The Bertz CT molecular complexity index is 1150. The summed E-state index contributed by atoms with van der Waals surface area (Å²) in [6.07, 6.45) is 2.54. The summed E-state index contributed by atoms with van der Waals surface area (Å²) in [5, 5.41) is 17.0. The van der Waals surface area contributed by atoms with E-state index >= 15 is 0 Å². The minimum absolute atomic E-state index is 0. The van der Waals surface area contributed by atoms with Crippen LogP contribution in [0.2, 0.25) is 5.02 Å². The zero-order valence-electron chi connectivity index (χ0n) is 19.1. The Morgan fingerprint density at radius 2 is 1.82 bits per heavy atom. The predicted octanol–water partition coefficient (Wildman–Crippen LogP) is 5.89. The molecular weight excluding hydrogens is 518 g/mol. The monoisotopic (exact) mass is 547 g/mol. The quantitative estimate of drug-likeness (QED) is 0.168. The van der Waals surface area contributed by atoms with Crippen molar-refractivity contribution >= 4 is 39.7 Å². The largest absolute Gasteiger partial charge is 0.506 e. The maximum absolute atomic E-state index is 12.2. The van der Waals surface area contributed by atoms with Crippen molar-refractivity contribution in [2.75, 3.05) is 19.7 Å². The lowest BCUT2D eigenvalue weighted by atomic mass is 10.1. The van der Waals surface area contributed by atoms with Gasteiger partial charge in [0.2, 0.25) is 0 Å². The van der Waals surface area contributed by atoms with Gasteiger partial charge in [0.25, 0.3) is 5.91 Å². The van der Waals surface area contributed by atoms with Crippen LogP contribution in [0.4, 0.5) is 0 Å². The van der Waals surface area contributed by atoms with Crippen molar-refractivity contribution in [3.8, 4) is 11.5 Å². The third kappa shape index (κ3) is 7.58. The number of aryl methyl sites for hydroxylation is 2. The van der Waals surface area contributed by atoms with Crippen LogP contribution in [0.3, 0.4) is 0 Å². The van der Waals surface area contributed by atoms with Crippen molar-refractivity contribution in [1.29, 1.82) is 0 Å². The molecule has 3 rings (SSSR count). The third-order valence-electron chi connectivity index (χ3n) is 5.10. The lowest BCUT2D eigenvalue weighted by Crippen LogP contribution is -2.23. The molecule has 0 unspecified atom stereocenters.